The number of benzene rings is 1. The molecule has 1 aliphatic rings. The second-order valence-corrected chi connectivity index (χ2v) is 6.02. The molecule has 1 saturated heterocycles. The third kappa shape index (κ3) is 2.54. The molecule has 0 saturated carbocycles. The molecule has 1 fully saturated rings. The third-order valence-corrected chi connectivity index (χ3v) is 4.54. The molecule has 6 heteroatoms. The first-order valence-electron chi connectivity index (χ1n) is 7.86. The van der Waals surface area contributed by atoms with E-state index in [1.54, 1.807) is 11.0 Å². The van der Waals surface area contributed by atoms with Crippen molar-refractivity contribution in [2.75, 3.05) is 11.4 Å². The Morgan fingerprint density at radius 1 is 1.22 bits per heavy atom. The summed E-state index contributed by atoms with van der Waals surface area (Å²) >= 11 is 0. The number of rotatable bonds is 3. The Bertz CT molecular complexity index is 827. The van der Waals surface area contributed by atoms with Crippen LogP contribution in [0.5, 0.6) is 0 Å². The average Bonchev–Trinajstić information content (AvgIpc) is 3.17. The van der Waals surface area contributed by atoms with Crippen LogP contribution in [0.3, 0.4) is 0 Å². The molecule has 4 rings (SSSR count). The van der Waals surface area contributed by atoms with Crippen molar-refractivity contribution in [3.8, 4) is 0 Å². The van der Waals surface area contributed by atoms with E-state index in [0.29, 0.717) is 6.04 Å². The van der Waals surface area contributed by atoms with Crippen LogP contribution < -0.4 is 4.90 Å². The Morgan fingerprint density at radius 3 is 2.87 bits per heavy atom. The molecule has 0 unspecified atom stereocenters. The molecule has 0 spiro atoms. The summed E-state index contributed by atoms with van der Waals surface area (Å²) in [5, 5.41) is 5.28. The molecular formula is C17H18FN5. The van der Waals surface area contributed by atoms with E-state index in [1.807, 2.05) is 25.4 Å². The number of aromatic nitrogens is 4. The van der Waals surface area contributed by atoms with Gasteiger partial charge in [0, 0.05) is 19.6 Å². The lowest BCUT2D eigenvalue weighted by molar-refractivity contribution is 0.623. The first-order chi connectivity index (χ1) is 11.2. The number of aryl methyl sites for hydroxylation is 1. The van der Waals surface area contributed by atoms with Gasteiger partial charge >= 0.3 is 0 Å². The van der Waals surface area contributed by atoms with Crippen LogP contribution in [0.1, 0.15) is 18.4 Å². The van der Waals surface area contributed by atoms with Gasteiger partial charge in [0.2, 0.25) is 0 Å². The normalized spacial score (nSPS) is 18.0. The number of halogens is 1. The molecule has 3 aromatic rings. The third-order valence-electron chi connectivity index (χ3n) is 4.54. The molecule has 0 N–H and O–H groups in total. The number of anilines is 1. The molecule has 23 heavy (non-hydrogen) atoms. The zero-order valence-corrected chi connectivity index (χ0v) is 13.0. The van der Waals surface area contributed by atoms with Crippen LogP contribution in [-0.2, 0) is 13.5 Å². The largest absolute Gasteiger partial charge is 0.353 e. The highest BCUT2D eigenvalue weighted by Crippen LogP contribution is 2.30. The van der Waals surface area contributed by atoms with Crippen molar-refractivity contribution in [1.82, 2.24) is 19.7 Å². The quantitative estimate of drug-likeness (QED) is 0.746. The van der Waals surface area contributed by atoms with Crippen molar-refractivity contribution in [2.45, 2.75) is 25.3 Å². The molecule has 1 aromatic carbocycles. The maximum Gasteiger partial charge on any atom is 0.163 e. The molecular weight excluding hydrogens is 293 g/mol. The number of fused-ring (bicyclic) bond motifs is 1. The highest BCUT2D eigenvalue weighted by molar-refractivity contribution is 5.86. The van der Waals surface area contributed by atoms with Crippen LogP contribution in [0.4, 0.5) is 10.2 Å². The van der Waals surface area contributed by atoms with E-state index in [1.165, 1.54) is 12.1 Å². The summed E-state index contributed by atoms with van der Waals surface area (Å²) in [7, 11) is 1.89. The average molecular weight is 311 g/mol. The van der Waals surface area contributed by atoms with Gasteiger partial charge in [-0.25, -0.2) is 14.4 Å². The molecule has 0 amide bonds. The van der Waals surface area contributed by atoms with Gasteiger partial charge in [0.25, 0.3) is 0 Å². The summed E-state index contributed by atoms with van der Waals surface area (Å²) in [4.78, 5) is 11.2. The van der Waals surface area contributed by atoms with Crippen LogP contribution in [0.15, 0.2) is 36.8 Å². The van der Waals surface area contributed by atoms with E-state index in [0.717, 1.165) is 48.2 Å². The maximum absolute atomic E-state index is 13.1. The molecule has 0 aliphatic carbocycles. The summed E-state index contributed by atoms with van der Waals surface area (Å²) in [5.41, 5.74) is 2.00. The van der Waals surface area contributed by atoms with Gasteiger partial charge in [0.15, 0.2) is 5.65 Å². The van der Waals surface area contributed by atoms with Gasteiger partial charge in [0.1, 0.15) is 18.0 Å². The Hall–Kier alpha value is -2.50. The first-order valence-corrected chi connectivity index (χ1v) is 7.86. The van der Waals surface area contributed by atoms with Crippen molar-refractivity contribution in [3.63, 3.8) is 0 Å². The number of nitrogens with zero attached hydrogens (tertiary/aromatic N) is 5. The van der Waals surface area contributed by atoms with Gasteiger partial charge < -0.3 is 4.90 Å². The zero-order chi connectivity index (χ0) is 15.8. The van der Waals surface area contributed by atoms with Gasteiger partial charge in [0.05, 0.1) is 11.6 Å². The van der Waals surface area contributed by atoms with Crippen LogP contribution in [0.25, 0.3) is 11.0 Å². The smallest absolute Gasteiger partial charge is 0.163 e. The molecule has 5 nitrogen and oxygen atoms in total. The number of hydrogen-bond donors (Lipinski definition) is 0. The van der Waals surface area contributed by atoms with Gasteiger partial charge in [-0.15, -0.1) is 0 Å². The van der Waals surface area contributed by atoms with E-state index < -0.39 is 0 Å². The van der Waals surface area contributed by atoms with Crippen LogP contribution in [-0.4, -0.2) is 32.3 Å². The molecule has 1 aliphatic heterocycles. The van der Waals surface area contributed by atoms with Crippen molar-refractivity contribution in [3.05, 3.63) is 48.2 Å². The molecule has 1 atom stereocenters. The monoisotopic (exact) mass is 311 g/mol. The minimum Gasteiger partial charge on any atom is -0.353 e. The molecule has 3 heterocycles. The van der Waals surface area contributed by atoms with E-state index in [-0.39, 0.29) is 5.82 Å². The van der Waals surface area contributed by atoms with E-state index in [2.05, 4.69) is 20.0 Å². The molecule has 2 aromatic heterocycles. The molecule has 0 bridgehead atoms. The van der Waals surface area contributed by atoms with E-state index in [4.69, 9.17) is 0 Å². The predicted octanol–water partition coefficient (Wildman–Crippen LogP) is 2.71. The fourth-order valence-corrected chi connectivity index (χ4v) is 3.40. The van der Waals surface area contributed by atoms with E-state index in [9.17, 15) is 4.39 Å². The Balaban J connectivity index is 1.65. The molecule has 0 radical (unpaired) electrons. The zero-order valence-electron chi connectivity index (χ0n) is 13.0. The molecule has 118 valence electrons. The van der Waals surface area contributed by atoms with Crippen LogP contribution in [0, 0.1) is 5.82 Å². The summed E-state index contributed by atoms with van der Waals surface area (Å²) in [6.45, 7) is 0.979. The SMILES string of the molecule is Cn1ncc2c(N3CCC[C@H]3Cc3ccc(F)cc3)ncnc21. The fraction of sp³-hybridized carbons (Fsp3) is 0.353. The van der Waals surface area contributed by atoms with Crippen molar-refractivity contribution >= 4 is 16.9 Å². The predicted molar refractivity (Wildman–Crippen MR) is 86.8 cm³/mol. The standard InChI is InChI=1S/C17H18FN5/c1-22-16-15(10-21-22)17(20-11-19-16)23-8-2-3-14(23)9-12-4-6-13(18)7-5-12/h4-7,10-11,14H,2-3,8-9H2,1H3/t14-/m0/s1. The fourth-order valence-electron chi connectivity index (χ4n) is 3.40. The van der Waals surface area contributed by atoms with Gasteiger partial charge in [-0.2, -0.15) is 5.10 Å². The lowest BCUT2D eigenvalue weighted by Gasteiger charge is -2.26. The Labute approximate surface area is 133 Å². The minimum atomic E-state index is -0.190. The summed E-state index contributed by atoms with van der Waals surface area (Å²) in [6, 6.07) is 7.16. The lowest BCUT2D eigenvalue weighted by Crippen LogP contribution is -2.31. The van der Waals surface area contributed by atoms with Gasteiger partial charge in [-0.1, -0.05) is 12.1 Å². The van der Waals surface area contributed by atoms with Crippen LogP contribution in [0.2, 0.25) is 0 Å². The highest BCUT2D eigenvalue weighted by Gasteiger charge is 2.27. The van der Waals surface area contributed by atoms with Crippen molar-refractivity contribution in [2.24, 2.45) is 7.05 Å². The first kappa shape index (κ1) is 14.1. The van der Waals surface area contributed by atoms with E-state index >= 15 is 0 Å². The summed E-state index contributed by atoms with van der Waals surface area (Å²) < 4.78 is 14.9. The highest BCUT2D eigenvalue weighted by atomic mass is 19.1. The Kier molecular flexibility index (Phi) is 3.44. The van der Waals surface area contributed by atoms with Crippen molar-refractivity contribution in [1.29, 1.82) is 0 Å². The summed E-state index contributed by atoms with van der Waals surface area (Å²) in [5.74, 6) is 0.762. The lowest BCUT2D eigenvalue weighted by atomic mass is 10.0. The number of hydrogen-bond acceptors (Lipinski definition) is 4. The van der Waals surface area contributed by atoms with Gasteiger partial charge in [-0.3, -0.25) is 4.68 Å². The van der Waals surface area contributed by atoms with Crippen LogP contribution >= 0.6 is 0 Å². The second-order valence-electron chi connectivity index (χ2n) is 6.02. The minimum absolute atomic E-state index is 0.190. The Morgan fingerprint density at radius 2 is 2.04 bits per heavy atom. The topological polar surface area (TPSA) is 46.8 Å². The van der Waals surface area contributed by atoms with Gasteiger partial charge in [-0.05, 0) is 37.0 Å². The summed E-state index contributed by atoms with van der Waals surface area (Å²) in [6.07, 6.45) is 6.58. The second kappa shape index (κ2) is 5.61. The van der Waals surface area contributed by atoms with Crippen molar-refractivity contribution < 1.29 is 4.39 Å². The maximum atomic E-state index is 13.1.